The molecule has 1 saturated heterocycles. The van der Waals surface area contributed by atoms with E-state index in [1.54, 1.807) is 24.3 Å². The summed E-state index contributed by atoms with van der Waals surface area (Å²) in [4.78, 5) is 12.8. The van der Waals surface area contributed by atoms with Gasteiger partial charge in [0.15, 0.2) is 11.5 Å². The first-order chi connectivity index (χ1) is 13.5. The van der Waals surface area contributed by atoms with E-state index in [4.69, 9.17) is 9.47 Å². The Morgan fingerprint density at radius 2 is 1.61 bits per heavy atom. The van der Waals surface area contributed by atoms with Crippen LogP contribution in [-0.2, 0) is 10.0 Å². The SMILES string of the molecule is O=[N+]([O-])c1ccccc1N1CCN(S(=O)(=O)c2ccc3c(c2)OCCO3)CC1. The zero-order valence-corrected chi connectivity index (χ0v) is 15.8. The Hall–Kier alpha value is -2.85. The molecule has 28 heavy (non-hydrogen) atoms. The Kier molecular flexibility index (Phi) is 4.82. The first kappa shape index (κ1) is 18.5. The maximum atomic E-state index is 13.0. The van der Waals surface area contributed by atoms with Gasteiger partial charge in [-0.25, -0.2) is 8.42 Å². The molecule has 0 aromatic heterocycles. The predicted octanol–water partition coefficient (Wildman–Crippen LogP) is 1.88. The molecule has 0 radical (unpaired) electrons. The van der Waals surface area contributed by atoms with Crippen molar-refractivity contribution in [2.75, 3.05) is 44.3 Å². The minimum Gasteiger partial charge on any atom is -0.486 e. The normalized spacial score (nSPS) is 17.4. The molecule has 0 bridgehead atoms. The van der Waals surface area contributed by atoms with Crippen molar-refractivity contribution in [3.8, 4) is 11.5 Å². The van der Waals surface area contributed by atoms with Crippen molar-refractivity contribution in [2.45, 2.75) is 4.90 Å². The van der Waals surface area contributed by atoms with E-state index in [0.717, 1.165) is 0 Å². The number of nitro benzene ring substituents is 1. The average Bonchev–Trinajstić information content (AvgIpc) is 2.73. The van der Waals surface area contributed by atoms with Gasteiger partial charge in [-0.1, -0.05) is 12.1 Å². The number of benzene rings is 2. The van der Waals surface area contributed by atoms with Gasteiger partial charge in [-0.05, 0) is 18.2 Å². The molecule has 0 spiro atoms. The number of nitrogens with zero attached hydrogens (tertiary/aromatic N) is 3. The summed E-state index contributed by atoms with van der Waals surface area (Å²) in [7, 11) is -3.69. The maximum absolute atomic E-state index is 13.0. The minimum atomic E-state index is -3.69. The standard InChI is InChI=1S/C18H19N3O6S/c22-21(23)16-4-2-1-3-15(16)19-7-9-20(10-8-19)28(24,25)14-5-6-17-18(13-14)27-12-11-26-17/h1-6,13H,7-12H2. The first-order valence-electron chi connectivity index (χ1n) is 8.85. The molecule has 2 aliphatic rings. The average molecular weight is 405 g/mol. The Balaban J connectivity index is 1.51. The van der Waals surface area contributed by atoms with Crippen molar-refractivity contribution in [3.05, 3.63) is 52.6 Å². The Morgan fingerprint density at radius 1 is 0.929 bits per heavy atom. The van der Waals surface area contributed by atoms with Crippen LogP contribution in [0.2, 0.25) is 0 Å². The largest absolute Gasteiger partial charge is 0.486 e. The summed E-state index contributed by atoms with van der Waals surface area (Å²) in [5.74, 6) is 0.956. The van der Waals surface area contributed by atoms with E-state index in [9.17, 15) is 18.5 Å². The fourth-order valence-corrected chi connectivity index (χ4v) is 4.83. The second-order valence-electron chi connectivity index (χ2n) is 6.44. The van der Waals surface area contributed by atoms with Crippen LogP contribution < -0.4 is 14.4 Å². The van der Waals surface area contributed by atoms with Crippen LogP contribution in [0.1, 0.15) is 0 Å². The third-order valence-corrected chi connectivity index (χ3v) is 6.70. The van der Waals surface area contributed by atoms with Gasteiger partial charge >= 0.3 is 0 Å². The number of fused-ring (bicyclic) bond motifs is 1. The van der Waals surface area contributed by atoms with Crippen LogP contribution >= 0.6 is 0 Å². The molecular formula is C18H19N3O6S. The molecule has 0 N–H and O–H groups in total. The number of nitro groups is 1. The molecule has 2 aliphatic heterocycles. The highest BCUT2D eigenvalue weighted by atomic mass is 32.2. The van der Waals surface area contributed by atoms with E-state index >= 15 is 0 Å². The van der Waals surface area contributed by atoms with Crippen molar-refractivity contribution in [1.29, 1.82) is 0 Å². The van der Waals surface area contributed by atoms with E-state index in [2.05, 4.69) is 0 Å². The monoisotopic (exact) mass is 405 g/mol. The predicted molar refractivity (Wildman–Crippen MR) is 102 cm³/mol. The molecule has 2 heterocycles. The summed E-state index contributed by atoms with van der Waals surface area (Å²) >= 11 is 0. The van der Waals surface area contributed by atoms with E-state index in [-0.39, 0.29) is 23.7 Å². The number of sulfonamides is 1. The minimum absolute atomic E-state index is 0.0191. The fourth-order valence-electron chi connectivity index (χ4n) is 3.39. The number of hydrogen-bond donors (Lipinski definition) is 0. The van der Waals surface area contributed by atoms with Crippen molar-refractivity contribution < 1.29 is 22.8 Å². The first-order valence-corrected chi connectivity index (χ1v) is 10.3. The fraction of sp³-hybridized carbons (Fsp3) is 0.333. The maximum Gasteiger partial charge on any atom is 0.292 e. The van der Waals surface area contributed by atoms with Crippen LogP contribution in [0.25, 0.3) is 0 Å². The lowest BCUT2D eigenvalue weighted by Gasteiger charge is -2.35. The molecule has 2 aromatic rings. The summed E-state index contributed by atoms with van der Waals surface area (Å²) in [6.07, 6.45) is 0. The highest BCUT2D eigenvalue weighted by Gasteiger charge is 2.31. The topological polar surface area (TPSA) is 102 Å². The van der Waals surface area contributed by atoms with Gasteiger partial charge in [-0.3, -0.25) is 10.1 Å². The number of ether oxygens (including phenoxy) is 2. The number of rotatable bonds is 4. The van der Waals surface area contributed by atoms with Crippen LogP contribution in [-0.4, -0.2) is 57.0 Å². The van der Waals surface area contributed by atoms with Crippen LogP contribution in [0.3, 0.4) is 0 Å². The molecule has 1 fully saturated rings. The quantitative estimate of drug-likeness (QED) is 0.565. The van der Waals surface area contributed by atoms with Gasteiger partial charge in [-0.15, -0.1) is 0 Å². The zero-order chi connectivity index (χ0) is 19.7. The summed E-state index contributed by atoms with van der Waals surface area (Å²) in [6.45, 7) is 2.03. The summed E-state index contributed by atoms with van der Waals surface area (Å²) in [5.41, 5.74) is 0.523. The highest BCUT2D eigenvalue weighted by molar-refractivity contribution is 7.89. The van der Waals surface area contributed by atoms with E-state index in [1.807, 2.05) is 4.90 Å². The zero-order valence-electron chi connectivity index (χ0n) is 15.0. The lowest BCUT2D eigenvalue weighted by Crippen LogP contribution is -2.48. The molecular weight excluding hydrogens is 386 g/mol. The lowest BCUT2D eigenvalue weighted by molar-refractivity contribution is -0.384. The molecule has 2 aromatic carbocycles. The van der Waals surface area contributed by atoms with Crippen molar-refractivity contribution in [1.82, 2.24) is 4.31 Å². The second-order valence-corrected chi connectivity index (χ2v) is 8.38. The van der Waals surface area contributed by atoms with Gasteiger partial charge < -0.3 is 14.4 Å². The molecule has 4 rings (SSSR count). The summed E-state index contributed by atoms with van der Waals surface area (Å²) in [5, 5.41) is 11.2. The molecule has 0 unspecified atom stereocenters. The Labute approximate surface area is 162 Å². The molecule has 148 valence electrons. The van der Waals surface area contributed by atoms with Gasteiger partial charge in [-0.2, -0.15) is 4.31 Å². The second kappa shape index (κ2) is 7.28. The molecule has 0 saturated carbocycles. The summed E-state index contributed by atoms with van der Waals surface area (Å²) in [6, 6.07) is 11.1. The van der Waals surface area contributed by atoms with Gasteiger partial charge in [0.05, 0.1) is 9.82 Å². The molecule has 10 heteroatoms. The van der Waals surface area contributed by atoms with Crippen LogP contribution in [0.5, 0.6) is 11.5 Å². The van der Waals surface area contributed by atoms with Gasteiger partial charge in [0.25, 0.3) is 5.69 Å². The van der Waals surface area contributed by atoms with E-state index < -0.39 is 14.9 Å². The molecule has 0 amide bonds. The third-order valence-electron chi connectivity index (χ3n) is 4.81. The van der Waals surface area contributed by atoms with Crippen LogP contribution in [0.15, 0.2) is 47.4 Å². The highest BCUT2D eigenvalue weighted by Crippen LogP contribution is 2.34. The smallest absolute Gasteiger partial charge is 0.292 e. The third kappa shape index (κ3) is 3.36. The Morgan fingerprint density at radius 3 is 2.32 bits per heavy atom. The van der Waals surface area contributed by atoms with Crippen LogP contribution in [0.4, 0.5) is 11.4 Å². The molecule has 9 nitrogen and oxygen atoms in total. The van der Waals surface area contributed by atoms with Crippen molar-refractivity contribution in [2.24, 2.45) is 0 Å². The number of piperazine rings is 1. The van der Waals surface area contributed by atoms with Gasteiger partial charge in [0.1, 0.15) is 18.9 Å². The lowest BCUT2D eigenvalue weighted by atomic mass is 10.2. The number of anilines is 1. The van der Waals surface area contributed by atoms with E-state index in [1.165, 1.54) is 22.5 Å². The van der Waals surface area contributed by atoms with Gasteiger partial charge in [0, 0.05) is 38.3 Å². The molecule has 0 aliphatic carbocycles. The van der Waals surface area contributed by atoms with Crippen molar-refractivity contribution >= 4 is 21.4 Å². The summed E-state index contributed by atoms with van der Waals surface area (Å²) < 4.78 is 38.3. The van der Waals surface area contributed by atoms with Gasteiger partial charge in [0.2, 0.25) is 10.0 Å². The number of para-hydroxylation sites is 2. The van der Waals surface area contributed by atoms with E-state index in [0.29, 0.717) is 43.5 Å². The number of hydrogen-bond acceptors (Lipinski definition) is 7. The Bertz CT molecular complexity index is 1000. The van der Waals surface area contributed by atoms with Crippen molar-refractivity contribution in [3.63, 3.8) is 0 Å². The van der Waals surface area contributed by atoms with Crippen LogP contribution in [0, 0.1) is 10.1 Å². The molecule has 0 atom stereocenters.